The highest BCUT2D eigenvalue weighted by Crippen LogP contribution is 2.35. The summed E-state index contributed by atoms with van der Waals surface area (Å²) >= 11 is 6.02. The molecule has 0 atom stereocenters. The number of rotatable bonds is 10. The van der Waals surface area contributed by atoms with Crippen molar-refractivity contribution in [2.24, 2.45) is 5.16 Å². The average molecular weight is 445 g/mol. The topological polar surface area (TPSA) is 87.6 Å². The largest absolute Gasteiger partial charge is 0.495 e. The van der Waals surface area contributed by atoms with Crippen LogP contribution in [0.3, 0.4) is 0 Å². The molecule has 8 nitrogen and oxygen atoms in total. The minimum absolute atomic E-state index is 0.0979. The molecule has 0 saturated carbocycles. The summed E-state index contributed by atoms with van der Waals surface area (Å²) in [4.78, 5) is 17.0. The SMILES string of the molecule is COc1cc(NC(=O)CO/N=C/c2ccc(OC(F)F)c(OC)c2)c(OC)cc1Cl. The van der Waals surface area contributed by atoms with Crippen LogP contribution in [0.4, 0.5) is 14.5 Å². The van der Waals surface area contributed by atoms with E-state index in [1.54, 1.807) is 0 Å². The van der Waals surface area contributed by atoms with Crippen LogP contribution in [-0.2, 0) is 9.63 Å². The van der Waals surface area contributed by atoms with E-state index >= 15 is 0 Å². The van der Waals surface area contributed by atoms with Crippen molar-refractivity contribution >= 4 is 29.4 Å². The summed E-state index contributed by atoms with van der Waals surface area (Å²) in [5.41, 5.74) is 0.827. The first kappa shape index (κ1) is 23.0. The number of ether oxygens (including phenoxy) is 4. The number of carbonyl (C=O) groups excluding carboxylic acids is 1. The number of oxime groups is 1. The minimum atomic E-state index is -2.97. The van der Waals surface area contributed by atoms with Crippen molar-refractivity contribution in [3.63, 3.8) is 0 Å². The molecule has 162 valence electrons. The molecule has 2 rings (SSSR count). The summed E-state index contributed by atoms with van der Waals surface area (Å²) in [5.74, 6) is 0.182. The molecule has 30 heavy (non-hydrogen) atoms. The van der Waals surface area contributed by atoms with E-state index in [0.29, 0.717) is 27.8 Å². The van der Waals surface area contributed by atoms with E-state index in [1.165, 1.54) is 57.9 Å². The lowest BCUT2D eigenvalue weighted by Crippen LogP contribution is -2.17. The van der Waals surface area contributed by atoms with Crippen molar-refractivity contribution in [2.45, 2.75) is 6.61 Å². The van der Waals surface area contributed by atoms with Gasteiger partial charge in [0.25, 0.3) is 5.91 Å². The maximum absolute atomic E-state index is 12.3. The molecule has 1 amide bonds. The quantitative estimate of drug-likeness (QED) is 0.441. The Kier molecular flexibility index (Phi) is 8.48. The van der Waals surface area contributed by atoms with Crippen molar-refractivity contribution in [3.8, 4) is 23.0 Å². The molecular formula is C19H19ClF2N2O6. The molecule has 0 aliphatic carbocycles. The maximum Gasteiger partial charge on any atom is 0.387 e. The van der Waals surface area contributed by atoms with E-state index in [0.717, 1.165) is 0 Å². The highest BCUT2D eigenvalue weighted by Gasteiger charge is 2.13. The van der Waals surface area contributed by atoms with Gasteiger partial charge in [-0.1, -0.05) is 16.8 Å². The Morgan fingerprint density at radius 3 is 2.40 bits per heavy atom. The molecule has 0 fully saturated rings. The van der Waals surface area contributed by atoms with Crippen LogP contribution >= 0.6 is 11.6 Å². The van der Waals surface area contributed by atoms with Crippen molar-refractivity contribution in [1.29, 1.82) is 0 Å². The smallest absolute Gasteiger partial charge is 0.387 e. The minimum Gasteiger partial charge on any atom is -0.495 e. The maximum atomic E-state index is 12.3. The van der Waals surface area contributed by atoms with Gasteiger partial charge in [-0.3, -0.25) is 4.79 Å². The molecule has 0 aliphatic heterocycles. The number of nitrogens with one attached hydrogen (secondary N) is 1. The van der Waals surface area contributed by atoms with Crippen LogP contribution in [-0.4, -0.2) is 46.7 Å². The van der Waals surface area contributed by atoms with Gasteiger partial charge in [0.05, 0.1) is 38.3 Å². The number of hydrogen-bond acceptors (Lipinski definition) is 7. The molecule has 0 heterocycles. The lowest BCUT2D eigenvalue weighted by Gasteiger charge is -2.12. The van der Waals surface area contributed by atoms with Crippen LogP contribution in [0, 0.1) is 0 Å². The van der Waals surface area contributed by atoms with Crippen LogP contribution in [0.15, 0.2) is 35.5 Å². The molecular weight excluding hydrogens is 426 g/mol. The molecule has 0 bridgehead atoms. The van der Waals surface area contributed by atoms with Crippen LogP contribution in [0.2, 0.25) is 5.02 Å². The number of benzene rings is 2. The number of halogens is 3. The van der Waals surface area contributed by atoms with E-state index < -0.39 is 19.1 Å². The highest BCUT2D eigenvalue weighted by molar-refractivity contribution is 6.32. The van der Waals surface area contributed by atoms with Gasteiger partial charge in [0, 0.05) is 17.7 Å². The number of carbonyl (C=O) groups is 1. The Labute approximate surface area is 176 Å². The fraction of sp³-hybridized carbons (Fsp3) is 0.263. The lowest BCUT2D eigenvalue weighted by molar-refractivity contribution is -0.120. The summed E-state index contributed by atoms with van der Waals surface area (Å²) < 4.78 is 44.3. The Morgan fingerprint density at radius 2 is 1.77 bits per heavy atom. The van der Waals surface area contributed by atoms with Gasteiger partial charge >= 0.3 is 6.61 Å². The number of methoxy groups -OCH3 is 3. The number of anilines is 1. The Morgan fingerprint density at radius 1 is 1.07 bits per heavy atom. The monoisotopic (exact) mass is 444 g/mol. The zero-order valence-electron chi connectivity index (χ0n) is 16.3. The second kappa shape index (κ2) is 11.1. The predicted molar refractivity (Wildman–Crippen MR) is 106 cm³/mol. The van der Waals surface area contributed by atoms with Crippen LogP contribution in [0.25, 0.3) is 0 Å². The van der Waals surface area contributed by atoms with E-state index in [9.17, 15) is 13.6 Å². The van der Waals surface area contributed by atoms with Gasteiger partial charge in [-0.15, -0.1) is 0 Å². The van der Waals surface area contributed by atoms with E-state index in [4.69, 9.17) is 30.6 Å². The summed E-state index contributed by atoms with van der Waals surface area (Å²) in [6.07, 6.45) is 1.29. The van der Waals surface area contributed by atoms with Gasteiger partial charge in [0.15, 0.2) is 18.1 Å². The van der Waals surface area contributed by atoms with Crippen LogP contribution < -0.4 is 24.3 Å². The Balaban J connectivity index is 1.95. The van der Waals surface area contributed by atoms with Crippen molar-refractivity contribution < 1.29 is 37.4 Å². The fourth-order valence-corrected chi connectivity index (χ4v) is 2.53. The third-order valence-electron chi connectivity index (χ3n) is 3.62. The molecule has 0 unspecified atom stereocenters. The lowest BCUT2D eigenvalue weighted by atomic mass is 10.2. The summed E-state index contributed by atoms with van der Waals surface area (Å²) in [6.45, 7) is -3.37. The molecule has 0 saturated heterocycles. The van der Waals surface area contributed by atoms with E-state index in [1.807, 2.05) is 0 Å². The average Bonchev–Trinajstić information content (AvgIpc) is 2.72. The molecule has 0 radical (unpaired) electrons. The van der Waals surface area contributed by atoms with Gasteiger partial charge in [-0.25, -0.2) is 0 Å². The second-order valence-electron chi connectivity index (χ2n) is 5.53. The first-order valence-corrected chi connectivity index (χ1v) is 8.75. The number of amides is 1. The molecule has 2 aromatic rings. The molecule has 1 N–H and O–H groups in total. The zero-order chi connectivity index (χ0) is 22.1. The van der Waals surface area contributed by atoms with Gasteiger partial charge in [-0.05, 0) is 18.2 Å². The molecule has 0 aromatic heterocycles. The number of nitrogens with zero attached hydrogens (tertiary/aromatic N) is 1. The predicted octanol–water partition coefficient (Wildman–Crippen LogP) is 3.96. The Hall–Kier alpha value is -3.27. The molecule has 11 heteroatoms. The normalized spacial score (nSPS) is 10.8. The zero-order valence-corrected chi connectivity index (χ0v) is 17.0. The summed E-state index contributed by atoms with van der Waals surface area (Å²) in [7, 11) is 4.19. The fourth-order valence-electron chi connectivity index (χ4n) is 2.30. The third-order valence-corrected chi connectivity index (χ3v) is 3.92. The number of hydrogen-bond donors (Lipinski definition) is 1. The number of alkyl halides is 2. The van der Waals surface area contributed by atoms with Crippen LogP contribution in [0.1, 0.15) is 5.56 Å². The van der Waals surface area contributed by atoms with E-state index in [-0.39, 0.29) is 11.5 Å². The molecule has 0 aliphatic rings. The molecule has 0 spiro atoms. The van der Waals surface area contributed by atoms with E-state index in [2.05, 4.69) is 15.2 Å². The standard InChI is InChI=1S/C19H19ClF2N2O6/c1-26-15-8-13(16(27-2)7-12(15)20)24-18(25)10-29-23-9-11-4-5-14(30-19(21)22)17(6-11)28-3/h4-9,19H,10H2,1-3H3,(H,24,25)/b23-9+. The van der Waals surface area contributed by atoms with Crippen molar-refractivity contribution in [1.82, 2.24) is 0 Å². The highest BCUT2D eigenvalue weighted by atomic mass is 35.5. The molecule has 2 aromatic carbocycles. The first-order valence-electron chi connectivity index (χ1n) is 8.37. The van der Waals surface area contributed by atoms with Crippen molar-refractivity contribution in [3.05, 3.63) is 40.9 Å². The third kappa shape index (κ3) is 6.38. The van der Waals surface area contributed by atoms with Gasteiger partial charge in [-0.2, -0.15) is 8.78 Å². The van der Waals surface area contributed by atoms with Gasteiger partial charge < -0.3 is 29.1 Å². The first-order chi connectivity index (χ1) is 14.4. The van der Waals surface area contributed by atoms with Crippen LogP contribution in [0.5, 0.6) is 23.0 Å². The second-order valence-corrected chi connectivity index (χ2v) is 5.94. The summed E-state index contributed by atoms with van der Waals surface area (Å²) in [6, 6.07) is 7.22. The summed E-state index contributed by atoms with van der Waals surface area (Å²) in [5, 5.41) is 6.60. The van der Waals surface area contributed by atoms with Crippen molar-refractivity contribution in [2.75, 3.05) is 33.3 Å². The van der Waals surface area contributed by atoms with Gasteiger partial charge in [0.1, 0.15) is 11.5 Å². The van der Waals surface area contributed by atoms with Gasteiger partial charge in [0.2, 0.25) is 0 Å². The Bertz CT molecular complexity index is 911.